The predicted molar refractivity (Wildman–Crippen MR) is 109 cm³/mol. The summed E-state index contributed by atoms with van der Waals surface area (Å²) in [6.07, 6.45) is 3.77. The molecule has 30 heavy (non-hydrogen) atoms. The second-order valence-corrected chi connectivity index (χ2v) is 8.12. The number of aromatic nitrogens is 1. The van der Waals surface area contributed by atoms with E-state index in [0.29, 0.717) is 41.1 Å². The lowest BCUT2D eigenvalue weighted by atomic mass is 10.2. The van der Waals surface area contributed by atoms with Crippen LogP contribution in [0.3, 0.4) is 0 Å². The number of ether oxygens (including phenoxy) is 2. The highest BCUT2D eigenvalue weighted by Gasteiger charge is 2.18. The van der Waals surface area contributed by atoms with Crippen molar-refractivity contribution in [3.63, 3.8) is 0 Å². The van der Waals surface area contributed by atoms with Gasteiger partial charge in [-0.25, -0.2) is 9.78 Å². The van der Waals surface area contributed by atoms with E-state index < -0.39 is 17.1 Å². The summed E-state index contributed by atoms with van der Waals surface area (Å²) < 4.78 is 33.8. The lowest BCUT2D eigenvalue weighted by molar-refractivity contribution is -0.134. The van der Waals surface area contributed by atoms with E-state index in [0.717, 1.165) is 11.3 Å². The second-order valence-electron chi connectivity index (χ2n) is 6.62. The molecule has 9 heteroatoms. The van der Waals surface area contributed by atoms with Crippen LogP contribution in [0.25, 0.3) is 17.5 Å². The monoisotopic (exact) mass is 429 g/mol. The van der Waals surface area contributed by atoms with E-state index in [1.54, 1.807) is 18.2 Å². The van der Waals surface area contributed by atoms with Gasteiger partial charge in [-0.3, -0.25) is 0 Å². The number of carboxylic acid groups (broad SMARTS) is 1. The minimum absolute atomic E-state index is 0.156. The molecule has 1 unspecified atom stereocenters. The topological polar surface area (TPSA) is 118 Å². The maximum Gasteiger partial charge on any atom is 0.353 e. The Morgan fingerprint density at radius 2 is 2.07 bits per heavy atom. The van der Waals surface area contributed by atoms with Gasteiger partial charge in [0.2, 0.25) is 18.4 Å². The summed E-state index contributed by atoms with van der Waals surface area (Å²) in [6, 6.07) is 9.15. The highest BCUT2D eigenvalue weighted by atomic mass is 32.2. The van der Waals surface area contributed by atoms with Crippen molar-refractivity contribution in [2.75, 3.05) is 18.3 Å². The summed E-state index contributed by atoms with van der Waals surface area (Å²) in [5, 5.41) is 8.62. The normalized spacial score (nSPS) is 13.8. The van der Waals surface area contributed by atoms with E-state index in [1.165, 1.54) is 0 Å². The average Bonchev–Trinajstić information content (AvgIpc) is 3.41. The van der Waals surface area contributed by atoms with E-state index in [4.69, 9.17) is 23.4 Å². The van der Waals surface area contributed by atoms with Gasteiger partial charge >= 0.3 is 5.97 Å². The quantitative estimate of drug-likeness (QED) is 0.541. The number of carbonyl (C=O) groups is 1. The van der Waals surface area contributed by atoms with Crippen molar-refractivity contribution >= 4 is 23.2 Å². The Labute approximate surface area is 175 Å². The van der Waals surface area contributed by atoms with E-state index in [2.05, 4.69) is 4.98 Å². The van der Waals surface area contributed by atoms with Crippen LogP contribution in [0.4, 0.5) is 0 Å². The fourth-order valence-corrected chi connectivity index (χ4v) is 3.66. The molecule has 8 nitrogen and oxygen atoms in total. The van der Waals surface area contributed by atoms with Crippen LogP contribution in [0.1, 0.15) is 23.0 Å². The Morgan fingerprint density at radius 3 is 2.90 bits per heavy atom. The number of carboxylic acids is 1. The van der Waals surface area contributed by atoms with Gasteiger partial charge in [-0.2, -0.15) is 0 Å². The van der Waals surface area contributed by atoms with Gasteiger partial charge < -0.3 is 28.0 Å². The number of nitrogens with zero attached hydrogens (tertiary/aromatic N) is 1. The van der Waals surface area contributed by atoms with Gasteiger partial charge in [-0.1, -0.05) is 0 Å². The molecule has 0 fully saturated rings. The number of hydrogen-bond acceptors (Lipinski definition) is 7. The number of furan rings is 1. The number of fused-ring (bicyclic) bond motifs is 1. The third-order valence-electron chi connectivity index (χ3n) is 4.38. The molecule has 0 saturated heterocycles. The molecule has 0 bridgehead atoms. The molecule has 3 heterocycles. The van der Waals surface area contributed by atoms with E-state index in [9.17, 15) is 9.35 Å². The summed E-state index contributed by atoms with van der Waals surface area (Å²) in [6.45, 7) is 2.06. The molecule has 4 rings (SSSR count). The first-order valence-electron chi connectivity index (χ1n) is 9.16. The molecule has 156 valence electrons. The Kier molecular flexibility index (Phi) is 5.82. The summed E-state index contributed by atoms with van der Waals surface area (Å²) in [7, 11) is 0. The maximum atomic E-state index is 11.5. The molecule has 1 aromatic carbocycles. The van der Waals surface area contributed by atoms with Crippen molar-refractivity contribution in [2.45, 2.75) is 13.3 Å². The molecule has 0 spiro atoms. The highest BCUT2D eigenvalue weighted by Crippen LogP contribution is 2.36. The zero-order chi connectivity index (χ0) is 21.1. The van der Waals surface area contributed by atoms with Gasteiger partial charge in [0.05, 0.1) is 12.1 Å². The zero-order valence-corrected chi connectivity index (χ0v) is 16.9. The van der Waals surface area contributed by atoms with Crippen LogP contribution >= 0.6 is 0 Å². The average molecular weight is 429 g/mol. The summed E-state index contributed by atoms with van der Waals surface area (Å²) in [4.78, 5) is 15.1. The lowest BCUT2D eigenvalue weighted by Crippen LogP contribution is -2.17. The molecule has 3 aromatic rings. The van der Waals surface area contributed by atoms with Crippen molar-refractivity contribution in [1.82, 2.24) is 4.98 Å². The van der Waals surface area contributed by atoms with Crippen LogP contribution in [-0.4, -0.2) is 38.9 Å². The molecule has 1 aliphatic heterocycles. The third-order valence-corrected chi connectivity index (χ3v) is 5.52. The Bertz CT molecular complexity index is 1080. The molecule has 0 aliphatic carbocycles. The number of oxazole rings is 1. The fourth-order valence-electron chi connectivity index (χ4n) is 2.96. The molecule has 1 atom stereocenters. The van der Waals surface area contributed by atoms with Crippen LogP contribution in [0.2, 0.25) is 0 Å². The number of benzene rings is 1. The minimum atomic E-state index is -1.43. The zero-order valence-electron chi connectivity index (χ0n) is 16.1. The first kappa shape index (κ1) is 20.1. The molecular weight excluding hydrogens is 410 g/mol. The number of aryl methyl sites for hydroxylation is 1. The van der Waals surface area contributed by atoms with Gasteiger partial charge in [0.15, 0.2) is 11.5 Å². The Hall–Kier alpha value is -3.17. The molecule has 0 saturated carbocycles. The second kappa shape index (κ2) is 8.68. The SMILES string of the molecule is Cc1oc(-c2ccc3c(c2)OCO3)nc1Cc1ccc(C=CC[S+]([O-])CC(=O)O)o1. The first-order valence-corrected chi connectivity index (χ1v) is 10.6. The third kappa shape index (κ3) is 4.69. The molecule has 2 aromatic heterocycles. The molecule has 0 amide bonds. The van der Waals surface area contributed by atoms with Crippen molar-refractivity contribution in [1.29, 1.82) is 0 Å². The highest BCUT2D eigenvalue weighted by molar-refractivity contribution is 7.92. The van der Waals surface area contributed by atoms with Crippen molar-refractivity contribution in [3.8, 4) is 23.0 Å². The summed E-state index contributed by atoms with van der Waals surface area (Å²) >= 11 is -1.43. The fraction of sp³-hybridized carbons (Fsp3) is 0.238. The first-order chi connectivity index (χ1) is 14.5. The Morgan fingerprint density at radius 1 is 1.23 bits per heavy atom. The summed E-state index contributed by atoms with van der Waals surface area (Å²) in [5.41, 5.74) is 1.56. The van der Waals surface area contributed by atoms with Crippen molar-refractivity contribution in [3.05, 3.63) is 59.4 Å². The lowest BCUT2D eigenvalue weighted by Gasteiger charge is -2.04. The predicted octanol–water partition coefficient (Wildman–Crippen LogP) is 3.41. The van der Waals surface area contributed by atoms with E-state index >= 15 is 0 Å². The largest absolute Gasteiger partial charge is 0.616 e. The number of aliphatic carboxylic acids is 1. The van der Waals surface area contributed by atoms with Crippen LogP contribution in [0, 0.1) is 6.92 Å². The van der Waals surface area contributed by atoms with Gasteiger partial charge in [0.1, 0.15) is 23.0 Å². The van der Waals surface area contributed by atoms with Gasteiger partial charge in [0, 0.05) is 5.56 Å². The number of rotatable bonds is 8. The summed E-state index contributed by atoms with van der Waals surface area (Å²) in [5.74, 6) is 2.55. The maximum absolute atomic E-state index is 11.5. The standard InChI is InChI=1S/C21H19NO7S/c1-13-17(22-21(28-13)14-4-7-18-19(9-14)27-12-26-18)10-16-6-5-15(29-16)3-2-8-30(25)11-20(23)24/h2-7,9H,8,10-12H2,1H3,(H,23,24). The Balaban J connectivity index is 1.41. The van der Waals surface area contributed by atoms with Gasteiger partial charge in [0.25, 0.3) is 0 Å². The van der Waals surface area contributed by atoms with Crippen LogP contribution in [0.15, 0.2) is 45.2 Å². The smallest absolute Gasteiger partial charge is 0.353 e. The van der Waals surface area contributed by atoms with Gasteiger partial charge in [-0.15, -0.1) is 0 Å². The molecule has 1 N–H and O–H groups in total. The molecular formula is C21H19NO7S. The molecule has 1 aliphatic rings. The van der Waals surface area contributed by atoms with Crippen molar-refractivity contribution < 1.29 is 32.8 Å². The van der Waals surface area contributed by atoms with E-state index in [-0.39, 0.29) is 18.3 Å². The van der Waals surface area contributed by atoms with Crippen molar-refractivity contribution in [2.24, 2.45) is 0 Å². The molecule has 0 radical (unpaired) electrons. The van der Waals surface area contributed by atoms with Crippen LogP contribution < -0.4 is 9.47 Å². The van der Waals surface area contributed by atoms with E-state index in [1.807, 2.05) is 31.2 Å². The van der Waals surface area contributed by atoms with Gasteiger partial charge in [-0.05, 0) is 60.6 Å². The van der Waals surface area contributed by atoms with Crippen LogP contribution in [-0.2, 0) is 22.4 Å². The number of hydrogen-bond donors (Lipinski definition) is 1. The van der Waals surface area contributed by atoms with Crippen LogP contribution in [0.5, 0.6) is 11.5 Å². The minimum Gasteiger partial charge on any atom is -0.616 e.